The van der Waals surface area contributed by atoms with Crippen molar-refractivity contribution in [1.29, 1.82) is 0 Å². The Bertz CT molecular complexity index is 1410. The molecule has 0 saturated carbocycles. The fourth-order valence-electron chi connectivity index (χ4n) is 4.86. The third-order valence-electron chi connectivity index (χ3n) is 6.56. The molecular weight excluding hydrogens is 458 g/mol. The number of aromatic nitrogens is 2. The number of nitrogens with zero attached hydrogens (tertiary/aromatic N) is 2. The molecule has 2 unspecified atom stereocenters. The van der Waals surface area contributed by atoms with Crippen molar-refractivity contribution in [2.24, 2.45) is 7.05 Å². The van der Waals surface area contributed by atoms with Gasteiger partial charge in [-0.2, -0.15) is 0 Å². The predicted molar refractivity (Wildman–Crippen MR) is 124 cm³/mol. The molecule has 0 aliphatic carbocycles. The number of benzene rings is 2. The standard InChI is InChI=1S/C24H25N3O6S/c1-25-9-8-13-10-16-20(33-12-32-16)21(31-4)17(13)19(25)18-22(28)26(2)24(34)27(23(18)29)14-6-5-7-15(11-14)30-3/h5-7,10-11,19,28H,8-9,12H2,1-4H3. The van der Waals surface area contributed by atoms with Gasteiger partial charge in [0.25, 0.3) is 5.56 Å². The van der Waals surface area contributed by atoms with E-state index in [-0.39, 0.29) is 17.1 Å². The minimum absolute atomic E-state index is 0.0943. The summed E-state index contributed by atoms with van der Waals surface area (Å²) in [7, 11) is 6.65. The quantitative estimate of drug-likeness (QED) is 0.551. The van der Waals surface area contributed by atoms with Crippen LogP contribution in [0.2, 0.25) is 0 Å². The molecule has 0 spiro atoms. The fourth-order valence-corrected chi connectivity index (χ4v) is 5.13. The first-order valence-electron chi connectivity index (χ1n) is 10.9. The Morgan fingerprint density at radius 1 is 1.18 bits per heavy atom. The maximum Gasteiger partial charge on any atom is 0.267 e. The summed E-state index contributed by atoms with van der Waals surface area (Å²) in [5.74, 6) is 1.74. The highest BCUT2D eigenvalue weighted by atomic mass is 32.1. The molecule has 2 aliphatic rings. The van der Waals surface area contributed by atoms with Crippen LogP contribution in [0.3, 0.4) is 0 Å². The van der Waals surface area contributed by atoms with Crippen LogP contribution in [0, 0.1) is 4.77 Å². The lowest BCUT2D eigenvalue weighted by Crippen LogP contribution is -3.10. The van der Waals surface area contributed by atoms with Gasteiger partial charge in [0.15, 0.2) is 16.3 Å². The van der Waals surface area contributed by atoms with Crippen LogP contribution in [0.1, 0.15) is 22.7 Å². The number of hydrogen-bond acceptors (Lipinski definition) is 7. The van der Waals surface area contributed by atoms with E-state index in [1.54, 1.807) is 45.5 Å². The Balaban J connectivity index is 1.82. The third-order valence-corrected chi connectivity index (χ3v) is 7.02. The van der Waals surface area contributed by atoms with Crippen molar-refractivity contribution in [2.75, 3.05) is 34.6 Å². The first kappa shape index (κ1) is 22.3. The lowest BCUT2D eigenvalue weighted by atomic mass is 9.87. The van der Waals surface area contributed by atoms with E-state index in [9.17, 15) is 9.90 Å². The van der Waals surface area contributed by atoms with Crippen LogP contribution in [-0.2, 0) is 13.5 Å². The Hall–Kier alpha value is -3.50. The smallest absolute Gasteiger partial charge is 0.267 e. The SMILES string of the molecule is COc1cccc(-n2c(=O)c(C3c4c(cc5c(c4OC)OCO5)CC[NH+]3C)c([O-])n(C)c2=S)c1. The molecule has 0 amide bonds. The van der Waals surface area contributed by atoms with E-state index in [0.717, 1.165) is 29.0 Å². The van der Waals surface area contributed by atoms with Crippen LogP contribution >= 0.6 is 12.2 Å². The van der Waals surface area contributed by atoms with Gasteiger partial charge < -0.3 is 33.5 Å². The molecule has 0 bridgehead atoms. The average molecular weight is 484 g/mol. The summed E-state index contributed by atoms with van der Waals surface area (Å²) < 4.78 is 25.2. The minimum atomic E-state index is -0.577. The summed E-state index contributed by atoms with van der Waals surface area (Å²) in [5.41, 5.74) is 1.91. The molecule has 2 aromatic carbocycles. The van der Waals surface area contributed by atoms with Gasteiger partial charge in [0.1, 0.15) is 11.8 Å². The second-order valence-electron chi connectivity index (χ2n) is 8.40. The number of hydrogen-bond donors (Lipinski definition) is 1. The van der Waals surface area contributed by atoms with Crippen molar-refractivity contribution in [3.63, 3.8) is 0 Å². The van der Waals surface area contributed by atoms with Gasteiger partial charge in [0, 0.05) is 19.5 Å². The van der Waals surface area contributed by atoms with Crippen molar-refractivity contribution in [1.82, 2.24) is 9.13 Å². The lowest BCUT2D eigenvalue weighted by Gasteiger charge is -2.35. The summed E-state index contributed by atoms with van der Waals surface area (Å²) in [6.07, 6.45) is 0.744. The summed E-state index contributed by atoms with van der Waals surface area (Å²) in [6, 6.07) is 8.38. The van der Waals surface area contributed by atoms with Crippen LogP contribution in [0.25, 0.3) is 5.69 Å². The maximum absolute atomic E-state index is 14.0. The highest BCUT2D eigenvalue weighted by molar-refractivity contribution is 7.71. The van der Waals surface area contributed by atoms with Gasteiger partial charge in [-0.05, 0) is 41.9 Å². The van der Waals surface area contributed by atoms with Crippen molar-refractivity contribution in [3.8, 4) is 34.6 Å². The second-order valence-corrected chi connectivity index (χ2v) is 8.76. The van der Waals surface area contributed by atoms with E-state index in [4.69, 9.17) is 31.2 Å². The van der Waals surface area contributed by atoms with Crippen molar-refractivity contribution in [2.45, 2.75) is 12.5 Å². The summed E-state index contributed by atoms with van der Waals surface area (Å²) in [6.45, 7) is 0.814. The number of quaternary nitrogens is 1. The van der Waals surface area contributed by atoms with Crippen LogP contribution < -0.4 is 34.5 Å². The molecule has 1 aromatic heterocycles. The molecule has 2 aliphatic heterocycles. The molecule has 0 radical (unpaired) electrons. The minimum Gasteiger partial charge on any atom is -0.860 e. The van der Waals surface area contributed by atoms with Gasteiger partial charge >= 0.3 is 0 Å². The first-order valence-corrected chi connectivity index (χ1v) is 11.3. The molecule has 34 heavy (non-hydrogen) atoms. The Labute approximate surface area is 201 Å². The van der Waals surface area contributed by atoms with Gasteiger partial charge in [-0.15, -0.1) is 0 Å². The van der Waals surface area contributed by atoms with E-state index < -0.39 is 17.5 Å². The predicted octanol–water partition coefficient (Wildman–Crippen LogP) is 0.885. The van der Waals surface area contributed by atoms with Gasteiger partial charge in [0.05, 0.1) is 44.6 Å². The number of likely N-dealkylation sites (N-methyl/N-ethyl adjacent to an activating group) is 1. The molecule has 0 saturated heterocycles. The molecule has 10 heteroatoms. The molecule has 3 aromatic rings. The molecule has 178 valence electrons. The summed E-state index contributed by atoms with van der Waals surface area (Å²) >= 11 is 5.53. The number of nitrogens with one attached hydrogen (secondary N) is 1. The molecule has 0 fully saturated rings. The monoisotopic (exact) mass is 483 g/mol. The van der Waals surface area contributed by atoms with E-state index in [1.807, 2.05) is 13.1 Å². The van der Waals surface area contributed by atoms with Gasteiger partial charge in [-0.25, -0.2) is 0 Å². The molecule has 3 heterocycles. The number of rotatable bonds is 4. The summed E-state index contributed by atoms with van der Waals surface area (Å²) in [4.78, 5) is 15.0. The van der Waals surface area contributed by atoms with Gasteiger partial charge in [-0.3, -0.25) is 9.36 Å². The summed E-state index contributed by atoms with van der Waals surface area (Å²) in [5, 5.41) is 13.6. The topological polar surface area (TPSA) is 91.3 Å². The van der Waals surface area contributed by atoms with E-state index >= 15 is 0 Å². The molecule has 2 atom stereocenters. The van der Waals surface area contributed by atoms with E-state index in [2.05, 4.69) is 0 Å². The normalized spacial score (nSPS) is 18.5. The number of ether oxygens (including phenoxy) is 4. The van der Waals surface area contributed by atoms with Gasteiger partial charge in [0.2, 0.25) is 12.5 Å². The first-order chi connectivity index (χ1) is 16.4. The molecule has 1 N–H and O–H groups in total. The average Bonchev–Trinajstić information content (AvgIpc) is 3.31. The third kappa shape index (κ3) is 3.24. The van der Waals surface area contributed by atoms with Crippen LogP contribution in [0.5, 0.6) is 28.9 Å². The van der Waals surface area contributed by atoms with Crippen LogP contribution in [0.4, 0.5) is 0 Å². The number of fused-ring (bicyclic) bond motifs is 2. The zero-order valence-electron chi connectivity index (χ0n) is 19.3. The molecular formula is C24H25N3O6S. The van der Waals surface area contributed by atoms with Crippen molar-refractivity contribution in [3.05, 3.63) is 62.1 Å². The maximum atomic E-state index is 14.0. The van der Waals surface area contributed by atoms with Crippen LogP contribution in [0.15, 0.2) is 35.1 Å². The zero-order chi connectivity index (χ0) is 24.1. The Morgan fingerprint density at radius 2 is 1.97 bits per heavy atom. The Morgan fingerprint density at radius 3 is 2.71 bits per heavy atom. The van der Waals surface area contributed by atoms with Crippen molar-refractivity contribution >= 4 is 12.2 Å². The van der Waals surface area contributed by atoms with E-state index in [0.29, 0.717) is 28.7 Å². The highest BCUT2D eigenvalue weighted by Crippen LogP contribution is 2.48. The van der Waals surface area contributed by atoms with Gasteiger partial charge in [-0.1, -0.05) is 6.07 Å². The number of methoxy groups -OCH3 is 2. The molecule has 9 nitrogen and oxygen atoms in total. The zero-order valence-corrected chi connectivity index (χ0v) is 20.2. The second kappa shape index (κ2) is 8.37. The van der Waals surface area contributed by atoms with Crippen molar-refractivity contribution < 1.29 is 29.0 Å². The van der Waals surface area contributed by atoms with E-state index in [1.165, 1.54) is 9.13 Å². The van der Waals surface area contributed by atoms with Crippen LogP contribution in [-0.4, -0.2) is 43.7 Å². The Kier molecular flexibility index (Phi) is 5.49. The fraction of sp³-hybridized carbons (Fsp3) is 0.333. The largest absolute Gasteiger partial charge is 0.860 e. The highest BCUT2D eigenvalue weighted by Gasteiger charge is 2.39. The lowest BCUT2D eigenvalue weighted by molar-refractivity contribution is -0.908. The molecule has 5 rings (SSSR count).